The van der Waals surface area contributed by atoms with Crippen molar-refractivity contribution < 1.29 is 9.59 Å². The maximum absolute atomic E-state index is 11.9. The Hall–Kier alpha value is -0.860. The number of amides is 1. The standard InChI is InChI=1S/C14H25NO2.C2H6/c1-10(16)13(14(2,3)4)15-12(17)9-11-7-5-6-8-11;1-2/h11,13H,5-9H2,1-4H3,(H,15,17);1-2H3. The summed E-state index contributed by atoms with van der Waals surface area (Å²) in [6, 6.07) is -0.364. The number of carbonyl (C=O) groups is 2. The Morgan fingerprint density at radius 2 is 1.63 bits per heavy atom. The van der Waals surface area contributed by atoms with Gasteiger partial charge in [0.2, 0.25) is 5.91 Å². The Kier molecular flexibility index (Phi) is 7.96. The second-order valence-corrected chi connectivity index (χ2v) is 6.33. The van der Waals surface area contributed by atoms with Crippen LogP contribution in [0.2, 0.25) is 0 Å². The molecule has 1 rings (SSSR count). The largest absolute Gasteiger partial charge is 0.346 e. The van der Waals surface area contributed by atoms with Gasteiger partial charge in [0.25, 0.3) is 0 Å². The lowest BCUT2D eigenvalue weighted by atomic mass is 9.84. The van der Waals surface area contributed by atoms with E-state index in [4.69, 9.17) is 0 Å². The molecule has 0 aromatic carbocycles. The van der Waals surface area contributed by atoms with E-state index in [1.807, 2.05) is 34.6 Å². The van der Waals surface area contributed by atoms with Crippen LogP contribution in [0.15, 0.2) is 0 Å². The lowest BCUT2D eigenvalue weighted by Gasteiger charge is -2.29. The third-order valence-corrected chi connectivity index (χ3v) is 3.53. The van der Waals surface area contributed by atoms with Gasteiger partial charge in [0, 0.05) is 6.42 Å². The third-order valence-electron chi connectivity index (χ3n) is 3.53. The molecule has 19 heavy (non-hydrogen) atoms. The summed E-state index contributed by atoms with van der Waals surface area (Å²) in [5.41, 5.74) is -0.211. The molecule has 0 bridgehead atoms. The molecule has 0 radical (unpaired) electrons. The van der Waals surface area contributed by atoms with E-state index in [9.17, 15) is 9.59 Å². The zero-order valence-electron chi connectivity index (χ0n) is 13.5. The molecule has 0 spiro atoms. The van der Waals surface area contributed by atoms with Crippen LogP contribution in [0.25, 0.3) is 0 Å². The molecule has 1 saturated carbocycles. The quantitative estimate of drug-likeness (QED) is 0.845. The van der Waals surface area contributed by atoms with E-state index in [0.717, 1.165) is 12.8 Å². The highest BCUT2D eigenvalue weighted by molar-refractivity contribution is 5.88. The van der Waals surface area contributed by atoms with Gasteiger partial charge in [-0.1, -0.05) is 47.5 Å². The monoisotopic (exact) mass is 269 g/mol. The van der Waals surface area contributed by atoms with Gasteiger partial charge in [0.1, 0.15) is 0 Å². The topological polar surface area (TPSA) is 46.2 Å². The second-order valence-electron chi connectivity index (χ2n) is 6.33. The molecule has 1 aliphatic carbocycles. The van der Waals surface area contributed by atoms with Crippen molar-refractivity contribution in [2.24, 2.45) is 11.3 Å². The molecule has 0 saturated heterocycles. The highest BCUT2D eigenvalue weighted by Crippen LogP contribution is 2.28. The molecule has 1 aliphatic rings. The molecular formula is C16H31NO2. The summed E-state index contributed by atoms with van der Waals surface area (Å²) >= 11 is 0. The average Bonchev–Trinajstić information content (AvgIpc) is 2.79. The van der Waals surface area contributed by atoms with Gasteiger partial charge in [-0.25, -0.2) is 0 Å². The van der Waals surface area contributed by atoms with Gasteiger partial charge in [0.05, 0.1) is 6.04 Å². The first-order valence-corrected chi connectivity index (χ1v) is 7.60. The molecular weight excluding hydrogens is 238 g/mol. The van der Waals surface area contributed by atoms with Crippen LogP contribution in [0, 0.1) is 11.3 Å². The molecule has 1 unspecified atom stereocenters. The molecule has 1 amide bonds. The minimum atomic E-state index is -0.364. The summed E-state index contributed by atoms with van der Waals surface area (Å²) in [7, 11) is 0. The first-order chi connectivity index (χ1) is 8.80. The van der Waals surface area contributed by atoms with Crippen LogP contribution in [-0.2, 0) is 9.59 Å². The van der Waals surface area contributed by atoms with E-state index in [1.54, 1.807) is 6.92 Å². The molecule has 3 heteroatoms. The van der Waals surface area contributed by atoms with Gasteiger partial charge in [-0.2, -0.15) is 0 Å². The summed E-state index contributed by atoms with van der Waals surface area (Å²) in [4.78, 5) is 23.4. The number of nitrogens with one attached hydrogen (secondary N) is 1. The number of carbonyl (C=O) groups excluding carboxylic acids is 2. The van der Waals surface area contributed by atoms with Gasteiger partial charge in [-0.3, -0.25) is 9.59 Å². The summed E-state index contributed by atoms with van der Waals surface area (Å²) in [5.74, 6) is 0.604. The summed E-state index contributed by atoms with van der Waals surface area (Å²) in [6.07, 6.45) is 5.39. The van der Waals surface area contributed by atoms with Gasteiger partial charge in [-0.15, -0.1) is 0 Å². The predicted octanol–water partition coefficient (Wildman–Crippen LogP) is 3.71. The van der Waals surface area contributed by atoms with Crippen LogP contribution >= 0.6 is 0 Å². The van der Waals surface area contributed by atoms with Crippen molar-refractivity contribution >= 4 is 11.7 Å². The van der Waals surface area contributed by atoms with Crippen molar-refractivity contribution in [1.82, 2.24) is 5.32 Å². The fourth-order valence-electron chi connectivity index (χ4n) is 2.62. The normalized spacial score (nSPS) is 17.4. The number of hydrogen-bond donors (Lipinski definition) is 1. The second kappa shape index (κ2) is 8.34. The fraction of sp³-hybridized carbons (Fsp3) is 0.875. The fourth-order valence-corrected chi connectivity index (χ4v) is 2.62. The van der Waals surface area contributed by atoms with Crippen molar-refractivity contribution in [3.8, 4) is 0 Å². The maximum Gasteiger partial charge on any atom is 0.220 e. The molecule has 112 valence electrons. The molecule has 1 N–H and O–H groups in total. The summed E-state index contributed by atoms with van der Waals surface area (Å²) in [6.45, 7) is 11.5. The van der Waals surface area contributed by atoms with Crippen LogP contribution in [-0.4, -0.2) is 17.7 Å². The van der Waals surface area contributed by atoms with Gasteiger partial charge in [-0.05, 0) is 31.1 Å². The van der Waals surface area contributed by atoms with Crippen LogP contribution in [0.4, 0.5) is 0 Å². The average molecular weight is 269 g/mol. The van der Waals surface area contributed by atoms with E-state index >= 15 is 0 Å². The lowest BCUT2D eigenvalue weighted by molar-refractivity contribution is -0.129. The van der Waals surface area contributed by atoms with Crippen LogP contribution in [0.5, 0.6) is 0 Å². The van der Waals surface area contributed by atoms with Crippen molar-refractivity contribution in [1.29, 1.82) is 0 Å². The molecule has 0 aromatic heterocycles. The van der Waals surface area contributed by atoms with E-state index in [-0.39, 0.29) is 23.1 Å². The zero-order chi connectivity index (χ0) is 15.1. The van der Waals surface area contributed by atoms with E-state index in [2.05, 4.69) is 5.32 Å². The van der Waals surface area contributed by atoms with E-state index in [1.165, 1.54) is 12.8 Å². The Balaban J connectivity index is 0.00000154. The molecule has 1 atom stereocenters. The first-order valence-electron chi connectivity index (χ1n) is 7.60. The van der Waals surface area contributed by atoms with Crippen LogP contribution in [0.3, 0.4) is 0 Å². The highest BCUT2D eigenvalue weighted by atomic mass is 16.2. The van der Waals surface area contributed by atoms with E-state index in [0.29, 0.717) is 12.3 Å². The minimum Gasteiger partial charge on any atom is -0.346 e. The summed E-state index contributed by atoms with van der Waals surface area (Å²) in [5, 5.41) is 2.89. The smallest absolute Gasteiger partial charge is 0.220 e. The SMILES string of the molecule is CC.CC(=O)C(NC(=O)CC1CCCC1)C(C)(C)C. The van der Waals surface area contributed by atoms with Crippen molar-refractivity contribution in [3.63, 3.8) is 0 Å². The lowest BCUT2D eigenvalue weighted by Crippen LogP contribution is -2.48. The number of Topliss-reactive ketones (excluding diaryl/α,β-unsaturated/α-hetero) is 1. The predicted molar refractivity (Wildman–Crippen MR) is 80.0 cm³/mol. The van der Waals surface area contributed by atoms with Gasteiger partial charge < -0.3 is 5.32 Å². The first kappa shape index (κ1) is 18.1. The third kappa shape index (κ3) is 6.74. The molecule has 0 aliphatic heterocycles. The van der Waals surface area contributed by atoms with Crippen molar-refractivity contribution in [3.05, 3.63) is 0 Å². The Labute approximate surface area is 118 Å². The molecule has 3 nitrogen and oxygen atoms in total. The number of hydrogen-bond acceptors (Lipinski definition) is 2. The number of rotatable bonds is 4. The maximum atomic E-state index is 11.9. The minimum absolute atomic E-state index is 0.0343. The van der Waals surface area contributed by atoms with Crippen molar-refractivity contribution in [2.75, 3.05) is 0 Å². The van der Waals surface area contributed by atoms with Gasteiger partial charge in [0.15, 0.2) is 5.78 Å². The van der Waals surface area contributed by atoms with Crippen LogP contribution < -0.4 is 5.32 Å². The Bertz CT molecular complexity index is 286. The van der Waals surface area contributed by atoms with E-state index < -0.39 is 0 Å². The Morgan fingerprint density at radius 1 is 1.16 bits per heavy atom. The molecule has 1 fully saturated rings. The highest BCUT2D eigenvalue weighted by Gasteiger charge is 2.30. The van der Waals surface area contributed by atoms with Crippen LogP contribution in [0.1, 0.15) is 73.6 Å². The Morgan fingerprint density at radius 3 is 2.00 bits per heavy atom. The molecule has 0 aromatic rings. The zero-order valence-corrected chi connectivity index (χ0v) is 13.5. The van der Waals surface area contributed by atoms with Gasteiger partial charge >= 0.3 is 0 Å². The van der Waals surface area contributed by atoms with Crippen molar-refractivity contribution in [2.45, 2.75) is 79.7 Å². The summed E-state index contributed by atoms with van der Waals surface area (Å²) < 4.78 is 0. The number of ketones is 1. The molecule has 0 heterocycles.